The second kappa shape index (κ2) is 8.44. The van der Waals surface area contributed by atoms with Crippen LogP contribution in [0.5, 0.6) is 5.75 Å². The number of aryl methyl sites for hydroxylation is 2. The summed E-state index contributed by atoms with van der Waals surface area (Å²) in [5.74, 6) is 0.662. The molecule has 0 unspecified atom stereocenters. The zero-order valence-electron chi connectivity index (χ0n) is 13.8. The number of ether oxygens (including phenoxy) is 1. The van der Waals surface area contributed by atoms with Gasteiger partial charge in [-0.05, 0) is 50.2 Å². The Labute approximate surface area is 145 Å². The summed E-state index contributed by atoms with van der Waals surface area (Å²) in [5.41, 5.74) is 2.12. The van der Waals surface area contributed by atoms with E-state index in [0.717, 1.165) is 11.3 Å². The Morgan fingerprint density at radius 3 is 2.79 bits per heavy atom. The molecule has 1 aromatic heterocycles. The summed E-state index contributed by atoms with van der Waals surface area (Å²) >= 11 is 4.90. The van der Waals surface area contributed by atoms with Crippen molar-refractivity contribution in [1.29, 1.82) is 0 Å². The molecule has 0 bridgehead atoms. The van der Waals surface area contributed by atoms with Crippen molar-refractivity contribution in [2.75, 3.05) is 13.2 Å². The number of H-pyrrole nitrogens is 2. The lowest BCUT2D eigenvalue weighted by atomic mass is 10.1. The van der Waals surface area contributed by atoms with Gasteiger partial charge in [0.1, 0.15) is 12.4 Å². The Kier molecular flexibility index (Phi) is 6.31. The van der Waals surface area contributed by atoms with Gasteiger partial charge in [-0.3, -0.25) is 14.6 Å². The van der Waals surface area contributed by atoms with Crippen molar-refractivity contribution in [2.45, 2.75) is 26.7 Å². The van der Waals surface area contributed by atoms with Crippen LogP contribution in [0.25, 0.3) is 0 Å². The number of aromatic amines is 2. The molecule has 1 aromatic carbocycles. The molecule has 0 fully saturated rings. The molecule has 0 atom stereocenters. The maximum Gasteiger partial charge on any atom is 0.255 e. The van der Waals surface area contributed by atoms with Crippen LogP contribution in [0.4, 0.5) is 0 Å². The molecule has 2 aromatic rings. The van der Waals surface area contributed by atoms with Crippen LogP contribution < -0.4 is 15.6 Å². The van der Waals surface area contributed by atoms with E-state index >= 15 is 0 Å². The van der Waals surface area contributed by atoms with Crippen molar-refractivity contribution in [3.63, 3.8) is 0 Å². The van der Waals surface area contributed by atoms with Crippen molar-refractivity contribution in [3.05, 3.63) is 56.2 Å². The van der Waals surface area contributed by atoms with E-state index in [1.807, 2.05) is 31.2 Å². The topological polar surface area (TPSA) is 87.0 Å². The van der Waals surface area contributed by atoms with E-state index in [9.17, 15) is 9.59 Å². The zero-order chi connectivity index (χ0) is 17.5. The lowest BCUT2D eigenvalue weighted by Crippen LogP contribution is -2.29. The van der Waals surface area contributed by atoms with Gasteiger partial charge >= 0.3 is 0 Å². The molecule has 0 aliphatic rings. The molecule has 0 saturated carbocycles. The summed E-state index contributed by atoms with van der Waals surface area (Å²) in [4.78, 5) is 29.1. The van der Waals surface area contributed by atoms with E-state index < -0.39 is 0 Å². The van der Waals surface area contributed by atoms with Crippen molar-refractivity contribution in [1.82, 2.24) is 15.3 Å². The number of carbonyl (C=O) groups excluding carboxylic acids is 1. The molecule has 0 aliphatic carbocycles. The van der Waals surface area contributed by atoms with E-state index in [1.54, 1.807) is 6.92 Å². The van der Waals surface area contributed by atoms with Gasteiger partial charge in [0.2, 0.25) is 5.91 Å². The van der Waals surface area contributed by atoms with E-state index in [4.69, 9.17) is 17.0 Å². The molecule has 0 spiro atoms. The summed E-state index contributed by atoms with van der Waals surface area (Å²) in [7, 11) is 0. The van der Waals surface area contributed by atoms with Gasteiger partial charge in [-0.15, -0.1) is 0 Å². The normalized spacial score (nSPS) is 10.4. The quantitative estimate of drug-likeness (QED) is 0.529. The first-order chi connectivity index (χ1) is 11.5. The Bertz CT molecular complexity index is 826. The minimum absolute atomic E-state index is 0.121. The van der Waals surface area contributed by atoms with Crippen LogP contribution in [-0.2, 0) is 11.2 Å². The average molecular weight is 347 g/mol. The number of nitrogens with one attached hydrogen (secondary N) is 3. The van der Waals surface area contributed by atoms with Gasteiger partial charge in [0.25, 0.3) is 5.56 Å². The van der Waals surface area contributed by atoms with Gasteiger partial charge in [-0.25, -0.2) is 0 Å². The van der Waals surface area contributed by atoms with E-state index in [1.165, 1.54) is 0 Å². The van der Waals surface area contributed by atoms with Crippen molar-refractivity contribution in [2.24, 2.45) is 0 Å². The highest BCUT2D eigenvalue weighted by atomic mass is 32.1. The van der Waals surface area contributed by atoms with Crippen molar-refractivity contribution in [3.8, 4) is 5.75 Å². The van der Waals surface area contributed by atoms with Crippen LogP contribution in [0, 0.1) is 18.6 Å². The minimum atomic E-state index is -0.244. The molecule has 128 valence electrons. The number of benzene rings is 1. The Morgan fingerprint density at radius 1 is 1.29 bits per heavy atom. The third-order valence-corrected chi connectivity index (χ3v) is 3.74. The minimum Gasteiger partial charge on any atom is -0.492 e. The Balaban J connectivity index is 1.74. The molecule has 1 heterocycles. The molecule has 0 aliphatic heterocycles. The second-order valence-corrected chi connectivity index (χ2v) is 5.93. The van der Waals surface area contributed by atoms with Crippen LogP contribution >= 0.6 is 12.2 Å². The van der Waals surface area contributed by atoms with Gasteiger partial charge in [-0.2, -0.15) is 0 Å². The summed E-state index contributed by atoms with van der Waals surface area (Å²) in [6.07, 6.45) is 0.594. The number of carbonyl (C=O) groups is 1. The Morgan fingerprint density at radius 2 is 2.08 bits per heavy atom. The van der Waals surface area contributed by atoms with Gasteiger partial charge in [0, 0.05) is 17.7 Å². The van der Waals surface area contributed by atoms with Crippen LogP contribution in [0.3, 0.4) is 0 Å². The maximum absolute atomic E-state index is 11.9. The zero-order valence-corrected chi connectivity index (χ0v) is 14.6. The first kappa shape index (κ1) is 17.9. The predicted molar refractivity (Wildman–Crippen MR) is 95.0 cm³/mol. The number of hydrogen-bond acceptors (Lipinski definition) is 4. The van der Waals surface area contributed by atoms with Gasteiger partial charge in [0.05, 0.1) is 6.54 Å². The number of rotatable bonds is 7. The van der Waals surface area contributed by atoms with Crippen LogP contribution in [0.15, 0.2) is 29.1 Å². The molecule has 1 amide bonds. The predicted octanol–water partition coefficient (Wildman–Crippen LogP) is 2.18. The molecule has 0 radical (unpaired) electrons. The fourth-order valence-electron chi connectivity index (χ4n) is 2.32. The largest absolute Gasteiger partial charge is 0.492 e. The van der Waals surface area contributed by atoms with Gasteiger partial charge in [-0.1, -0.05) is 12.1 Å². The first-order valence-electron chi connectivity index (χ1n) is 7.74. The first-order valence-corrected chi connectivity index (χ1v) is 8.15. The summed E-state index contributed by atoms with van der Waals surface area (Å²) in [5, 5.41) is 2.78. The van der Waals surface area contributed by atoms with Crippen molar-refractivity contribution < 1.29 is 9.53 Å². The maximum atomic E-state index is 11.9. The van der Waals surface area contributed by atoms with Crippen molar-refractivity contribution >= 4 is 18.1 Å². The average Bonchev–Trinajstić information content (AvgIpc) is 2.50. The summed E-state index contributed by atoms with van der Waals surface area (Å²) < 4.78 is 5.86. The molecule has 3 N–H and O–H groups in total. The fourth-order valence-corrected chi connectivity index (χ4v) is 2.56. The highest BCUT2D eigenvalue weighted by molar-refractivity contribution is 7.71. The Hall–Kier alpha value is -2.41. The molecular weight excluding hydrogens is 326 g/mol. The van der Waals surface area contributed by atoms with Gasteiger partial charge < -0.3 is 15.0 Å². The molecule has 6 nitrogen and oxygen atoms in total. The SMILES string of the molecule is Cc1cccc(OCCNC(=O)CCc2c(C)[nH]c(=S)[nH]c2=O)c1. The third-order valence-electron chi connectivity index (χ3n) is 3.54. The molecule has 24 heavy (non-hydrogen) atoms. The lowest BCUT2D eigenvalue weighted by molar-refractivity contribution is -0.121. The number of hydrogen-bond donors (Lipinski definition) is 3. The lowest BCUT2D eigenvalue weighted by Gasteiger charge is -2.09. The molecule has 7 heteroatoms. The van der Waals surface area contributed by atoms with E-state index in [-0.39, 0.29) is 17.9 Å². The van der Waals surface area contributed by atoms with Gasteiger partial charge in [0.15, 0.2) is 4.77 Å². The fraction of sp³-hybridized carbons (Fsp3) is 0.353. The van der Waals surface area contributed by atoms with Crippen LogP contribution in [0.2, 0.25) is 0 Å². The standard InChI is InChI=1S/C17H21N3O3S/c1-11-4-3-5-13(10-11)23-9-8-18-15(21)7-6-14-12(2)19-17(24)20-16(14)22/h3-5,10H,6-9H2,1-2H3,(H,18,21)(H2,19,20,22,24). The highest BCUT2D eigenvalue weighted by Crippen LogP contribution is 2.11. The summed E-state index contributed by atoms with van der Waals surface area (Å²) in [6.45, 7) is 4.58. The summed E-state index contributed by atoms with van der Waals surface area (Å²) in [6, 6.07) is 7.74. The molecular formula is C17H21N3O3S. The molecule has 2 rings (SSSR count). The van der Waals surface area contributed by atoms with E-state index in [0.29, 0.717) is 35.6 Å². The second-order valence-electron chi connectivity index (χ2n) is 5.53. The number of amides is 1. The third kappa shape index (κ3) is 5.34. The van der Waals surface area contributed by atoms with E-state index in [2.05, 4.69) is 15.3 Å². The van der Waals surface area contributed by atoms with Crippen LogP contribution in [0.1, 0.15) is 23.2 Å². The van der Waals surface area contributed by atoms with Crippen LogP contribution in [-0.4, -0.2) is 29.0 Å². The number of aromatic nitrogens is 2. The monoisotopic (exact) mass is 347 g/mol. The smallest absolute Gasteiger partial charge is 0.255 e. The highest BCUT2D eigenvalue weighted by Gasteiger charge is 2.08. The molecule has 0 saturated heterocycles.